The van der Waals surface area contributed by atoms with Gasteiger partial charge in [-0.05, 0) is 115 Å². The van der Waals surface area contributed by atoms with Gasteiger partial charge in [0.15, 0.2) is 0 Å². The van der Waals surface area contributed by atoms with E-state index in [-0.39, 0.29) is 23.8 Å². The quantitative estimate of drug-likeness (QED) is 0.0819. The Morgan fingerprint density at radius 2 is 0.457 bits per heavy atom. The molecule has 0 nitrogen and oxygen atoms in total. The second-order valence-corrected chi connectivity index (χ2v) is 22.7. The molecule has 0 aliphatic carbocycles. The van der Waals surface area contributed by atoms with Crippen molar-refractivity contribution in [1.29, 1.82) is 0 Å². The lowest BCUT2D eigenvalue weighted by Crippen LogP contribution is -2.23. The molecule has 3 rings (SSSR count). The first-order chi connectivity index (χ1) is 22.6. The van der Waals surface area contributed by atoms with Gasteiger partial charge in [-0.15, -0.1) is 0 Å². The van der Waals surface area contributed by atoms with E-state index in [1.54, 1.807) is 15.9 Å². The zero-order valence-electron chi connectivity index (χ0n) is 30.4. The Morgan fingerprint density at radius 1 is 0.283 bits per heavy atom. The maximum atomic E-state index is 2.52. The van der Waals surface area contributed by atoms with Crippen molar-refractivity contribution in [2.75, 3.05) is 37.0 Å². The molecular weight excluding hydrogens is 628 g/mol. The van der Waals surface area contributed by atoms with Crippen molar-refractivity contribution in [2.45, 2.75) is 119 Å². The zero-order chi connectivity index (χ0) is 33.0. The standard InChI is InChI=1S/C42H66P4/c1-7-13-31-43(32-14-8-2)37-19-25-40(26-20-37)46(41-27-21-38(22-28-41)44(33-15-9-3)34-16-10-4)42-29-23-39(24-30-42)45(35-17-11-5)36-18-12-6/h19-30H,7-18,31-36H2,1-6H3. The molecule has 46 heavy (non-hydrogen) atoms. The van der Waals surface area contributed by atoms with Gasteiger partial charge in [-0.2, -0.15) is 0 Å². The highest BCUT2D eigenvalue weighted by Crippen LogP contribution is 2.41. The highest BCUT2D eigenvalue weighted by atomic mass is 31.1. The van der Waals surface area contributed by atoms with Crippen LogP contribution in [0.25, 0.3) is 0 Å². The molecule has 0 saturated heterocycles. The Kier molecular flexibility index (Phi) is 20.5. The predicted octanol–water partition coefficient (Wildman–Crippen LogP) is 11.6. The monoisotopic (exact) mass is 694 g/mol. The Labute approximate surface area is 290 Å². The molecule has 3 aromatic carbocycles. The summed E-state index contributed by atoms with van der Waals surface area (Å²) in [5, 5.41) is 9.40. The first-order valence-electron chi connectivity index (χ1n) is 18.9. The van der Waals surface area contributed by atoms with E-state index in [1.807, 2.05) is 0 Å². The van der Waals surface area contributed by atoms with E-state index < -0.39 is 7.92 Å². The summed E-state index contributed by atoms with van der Waals surface area (Å²) in [4.78, 5) is 0. The van der Waals surface area contributed by atoms with Crippen LogP contribution in [0.5, 0.6) is 0 Å². The highest BCUT2D eigenvalue weighted by molar-refractivity contribution is 7.80. The molecule has 0 atom stereocenters. The van der Waals surface area contributed by atoms with Crippen LogP contribution in [0.4, 0.5) is 0 Å². The van der Waals surface area contributed by atoms with Crippen LogP contribution in [0.1, 0.15) is 119 Å². The molecule has 0 heterocycles. The summed E-state index contributed by atoms with van der Waals surface area (Å²) in [5.74, 6) is 0. The van der Waals surface area contributed by atoms with Crippen LogP contribution in [-0.2, 0) is 0 Å². The van der Waals surface area contributed by atoms with Crippen molar-refractivity contribution in [3.05, 3.63) is 72.8 Å². The summed E-state index contributed by atoms with van der Waals surface area (Å²) in [5.41, 5.74) is 0. The van der Waals surface area contributed by atoms with Crippen LogP contribution < -0.4 is 31.8 Å². The molecule has 0 aliphatic heterocycles. The predicted molar refractivity (Wildman–Crippen MR) is 223 cm³/mol. The van der Waals surface area contributed by atoms with E-state index in [0.29, 0.717) is 0 Å². The Morgan fingerprint density at radius 3 is 0.630 bits per heavy atom. The normalized spacial score (nSPS) is 11.9. The second kappa shape index (κ2) is 23.7. The van der Waals surface area contributed by atoms with E-state index in [1.165, 1.54) is 130 Å². The topological polar surface area (TPSA) is 0 Å². The minimum Gasteiger partial charge on any atom is -0.0753 e. The zero-order valence-corrected chi connectivity index (χ0v) is 34.0. The minimum absolute atomic E-state index is 0.0409. The van der Waals surface area contributed by atoms with Gasteiger partial charge in [-0.3, -0.25) is 0 Å². The number of hydrogen-bond donors (Lipinski definition) is 0. The van der Waals surface area contributed by atoms with E-state index in [2.05, 4.69) is 114 Å². The first kappa shape index (κ1) is 39.8. The summed E-state index contributed by atoms with van der Waals surface area (Å²) in [7, 11) is -0.708. The van der Waals surface area contributed by atoms with Crippen LogP contribution in [0.15, 0.2) is 72.8 Å². The van der Waals surface area contributed by atoms with Gasteiger partial charge in [-0.1, -0.05) is 177 Å². The first-order valence-corrected chi connectivity index (χ1v) is 25.4. The summed E-state index contributed by atoms with van der Waals surface area (Å²) in [6.45, 7) is 14.0. The Hall–Kier alpha value is -0.620. The lowest BCUT2D eigenvalue weighted by Gasteiger charge is -2.24. The second-order valence-electron chi connectivity index (χ2n) is 13.0. The van der Waals surface area contributed by atoms with Crippen molar-refractivity contribution in [1.82, 2.24) is 0 Å². The maximum Gasteiger partial charge on any atom is -0.0134 e. The largest absolute Gasteiger partial charge is 0.0753 e. The molecule has 0 amide bonds. The molecule has 0 saturated carbocycles. The fraction of sp³-hybridized carbons (Fsp3) is 0.571. The molecule has 0 spiro atoms. The maximum absolute atomic E-state index is 2.52. The van der Waals surface area contributed by atoms with Gasteiger partial charge in [-0.25, -0.2) is 0 Å². The Balaban J connectivity index is 1.98. The van der Waals surface area contributed by atoms with Crippen LogP contribution in [0.3, 0.4) is 0 Å². The van der Waals surface area contributed by atoms with E-state index >= 15 is 0 Å². The third-order valence-electron chi connectivity index (χ3n) is 9.11. The molecule has 3 aromatic rings. The average Bonchev–Trinajstić information content (AvgIpc) is 3.10. The summed E-state index contributed by atoms with van der Waals surface area (Å²) in [6, 6.07) is 30.2. The number of benzene rings is 3. The molecule has 254 valence electrons. The average molecular weight is 695 g/mol. The van der Waals surface area contributed by atoms with Gasteiger partial charge in [0.2, 0.25) is 0 Å². The summed E-state index contributed by atoms with van der Waals surface area (Å²) < 4.78 is 0. The molecule has 4 heteroatoms. The molecule has 0 unspecified atom stereocenters. The molecule has 0 aliphatic rings. The van der Waals surface area contributed by atoms with Gasteiger partial charge in [0.1, 0.15) is 0 Å². The van der Waals surface area contributed by atoms with Crippen molar-refractivity contribution in [2.24, 2.45) is 0 Å². The van der Waals surface area contributed by atoms with Crippen molar-refractivity contribution in [3.63, 3.8) is 0 Å². The fourth-order valence-electron chi connectivity index (χ4n) is 6.09. The third kappa shape index (κ3) is 13.0. The van der Waals surface area contributed by atoms with E-state index in [9.17, 15) is 0 Å². The van der Waals surface area contributed by atoms with Crippen LogP contribution >= 0.6 is 31.7 Å². The lowest BCUT2D eigenvalue weighted by molar-refractivity contribution is 0.871. The van der Waals surface area contributed by atoms with Gasteiger partial charge in [0.25, 0.3) is 0 Å². The smallest absolute Gasteiger partial charge is 0.0134 e. The van der Waals surface area contributed by atoms with E-state index in [4.69, 9.17) is 0 Å². The summed E-state index contributed by atoms with van der Waals surface area (Å²) in [6.07, 6.45) is 24.3. The van der Waals surface area contributed by atoms with Crippen molar-refractivity contribution < 1.29 is 0 Å². The molecule has 0 bridgehead atoms. The number of unbranched alkanes of at least 4 members (excludes halogenated alkanes) is 6. The van der Waals surface area contributed by atoms with Gasteiger partial charge in [0, 0.05) is 0 Å². The lowest BCUT2D eigenvalue weighted by atomic mass is 10.3. The van der Waals surface area contributed by atoms with Gasteiger partial charge < -0.3 is 0 Å². The molecular formula is C42H66P4. The fourth-order valence-corrected chi connectivity index (χ4v) is 16.4. The highest BCUT2D eigenvalue weighted by Gasteiger charge is 2.20. The SMILES string of the molecule is CCCCP(CCCC)c1ccc(P(c2ccc(P(CCCC)CCCC)cc2)c2ccc(P(CCCC)CCCC)cc2)cc1. The number of rotatable bonds is 24. The molecule has 0 radical (unpaired) electrons. The van der Waals surface area contributed by atoms with Crippen molar-refractivity contribution in [3.8, 4) is 0 Å². The van der Waals surface area contributed by atoms with Crippen LogP contribution in [0.2, 0.25) is 0 Å². The van der Waals surface area contributed by atoms with Crippen molar-refractivity contribution >= 4 is 63.5 Å². The third-order valence-corrected chi connectivity index (χ3v) is 19.8. The van der Waals surface area contributed by atoms with Gasteiger partial charge in [0.05, 0.1) is 0 Å². The van der Waals surface area contributed by atoms with Gasteiger partial charge >= 0.3 is 0 Å². The minimum atomic E-state index is -0.585. The molecule has 0 fully saturated rings. The van der Waals surface area contributed by atoms with Crippen LogP contribution in [0, 0.1) is 0 Å². The summed E-state index contributed by atoms with van der Waals surface area (Å²) >= 11 is 0. The van der Waals surface area contributed by atoms with E-state index in [0.717, 1.165) is 0 Å². The molecule has 0 aromatic heterocycles. The number of hydrogen-bond acceptors (Lipinski definition) is 0. The molecule has 0 N–H and O–H groups in total. The Bertz CT molecular complexity index is 997. The van der Waals surface area contributed by atoms with Crippen LogP contribution in [-0.4, -0.2) is 37.0 Å².